The molecule has 3 nitrogen and oxygen atoms in total. The third-order valence-electron chi connectivity index (χ3n) is 4.59. The van der Waals surface area contributed by atoms with Crippen molar-refractivity contribution in [3.63, 3.8) is 0 Å². The predicted molar refractivity (Wildman–Crippen MR) is 83.0 cm³/mol. The second-order valence-electron chi connectivity index (χ2n) is 5.83. The highest BCUT2D eigenvalue weighted by atomic mass is 79.9. The fourth-order valence-electron chi connectivity index (χ4n) is 3.64. The summed E-state index contributed by atoms with van der Waals surface area (Å²) in [6.07, 6.45) is 6.91. The molecule has 1 atom stereocenters. The Morgan fingerprint density at radius 1 is 1.10 bits per heavy atom. The molecule has 2 fully saturated rings. The number of rotatable bonds is 3. The van der Waals surface area contributed by atoms with Crippen molar-refractivity contribution in [3.8, 4) is 0 Å². The zero-order chi connectivity index (χ0) is 14.2. The maximum Gasteiger partial charge on any atom is 0.243 e. The van der Waals surface area contributed by atoms with Crippen LogP contribution >= 0.6 is 15.9 Å². The summed E-state index contributed by atoms with van der Waals surface area (Å²) in [5.74, 6) is 0.569. The molecule has 1 aromatic rings. The van der Waals surface area contributed by atoms with Crippen molar-refractivity contribution in [3.05, 3.63) is 28.7 Å². The number of hydrogen-bond donors (Lipinski definition) is 0. The van der Waals surface area contributed by atoms with Gasteiger partial charge >= 0.3 is 0 Å². The van der Waals surface area contributed by atoms with Crippen LogP contribution in [0.1, 0.15) is 38.5 Å². The largest absolute Gasteiger partial charge is 0.243 e. The van der Waals surface area contributed by atoms with Crippen LogP contribution in [0.15, 0.2) is 33.6 Å². The van der Waals surface area contributed by atoms with Crippen LogP contribution in [0.2, 0.25) is 0 Å². The lowest BCUT2D eigenvalue weighted by Crippen LogP contribution is -2.39. The molecular formula is C15H20BrNO2S. The van der Waals surface area contributed by atoms with Crippen molar-refractivity contribution in [2.45, 2.75) is 49.5 Å². The Labute approximate surface area is 129 Å². The lowest BCUT2D eigenvalue weighted by atomic mass is 9.97. The molecule has 1 aliphatic carbocycles. The van der Waals surface area contributed by atoms with Gasteiger partial charge in [0.05, 0.1) is 4.90 Å². The van der Waals surface area contributed by atoms with Crippen molar-refractivity contribution >= 4 is 26.0 Å². The van der Waals surface area contributed by atoms with E-state index in [0.29, 0.717) is 17.4 Å². The van der Waals surface area contributed by atoms with Crippen LogP contribution in [0.5, 0.6) is 0 Å². The van der Waals surface area contributed by atoms with Gasteiger partial charge in [-0.3, -0.25) is 0 Å². The van der Waals surface area contributed by atoms with Gasteiger partial charge in [-0.25, -0.2) is 8.42 Å². The van der Waals surface area contributed by atoms with Crippen LogP contribution < -0.4 is 0 Å². The SMILES string of the molecule is O=S(=O)(c1cccc(Br)c1)N1CCCC1C1CCCC1. The third kappa shape index (κ3) is 2.68. The van der Waals surface area contributed by atoms with Crippen molar-refractivity contribution in [1.29, 1.82) is 0 Å². The molecular weight excluding hydrogens is 338 g/mol. The fourth-order valence-corrected chi connectivity index (χ4v) is 5.99. The molecule has 1 saturated carbocycles. The molecule has 1 saturated heterocycles. The monoisotopic (exact) mass is 357 g/mol. The Balaban J connectivity index is 1.89. The van der Waals surface area contributed by atoms with Gasteiger partial charge in [0.1, 0.15) is 0 Å². The van der Waals surface area contributed by atoms with E-state index in [9.17, 15) is 8.42 Å². The van der Waals surface area contributed by atoms with E-state index in [1.54, 1.807) is 22.5 Å². The first-order valence-electron chi connectivity index (χ1n) is 7.36. The van der Waals surface area contributed by atoms with Crippen LogP contribution in [0.4, 0.5) is 0 Å². The van der Waals surface area contributed by atoms with Crippen molar-refractivity contribution in [1.82, 2.24) is 4.31 Å². The maximum atomic E-state index is 12.9. The summed E-state index contributed by atoms with van der Waals surface area (Å²) in [6, 6.07) is 7.28. The minimum Gasteiger partial charge on any atom is -0.207 e. The standard InChI is InChI=1S/C15H20BrNO2S/c16-13-7-3-8-14(11-13)20(18,19)17-10-4-9-15(17)12-5-1-2-6-12/h3,7-8,11-12,15H,1-2,4-6,9-10H2. The fraction of sp³-hybridized carbons (Fsp3) is 0.600. The highest BCUT2D eigenvalue weighted by Gasteiger charge is 2.40. The first-order valence-corrected chi connectivity index (χ1v) is 9.60. The van der Waals surface area contributed by atoms with E-state index >= 15 is 0 Å². The molecule has 1 heterocycles. The second-order valence-corrected chi connectivity index (χ2v) is 8.63. The van der Waals surface area contributed by atoms with Crippen molar-refractivity contribution < 1.29 is 8.42 Å². The van der Waals surface area contributed by atoms with Gasteiger partial charge in [-0.15, -0.1) is 0 Å². The van der Waals surface area contributed by atoms with E-state index in [1.807, 2.05) is 6.07 Å². The summed E-state index contributed by atoms with van der Waals surface area (Å²) in [6.45, 7) is 0.677. The lowest BCUT2D eigenvalue weighted by Gasteiger charge is -2.28. The van der Waals surface area contributed by atoms with Gasteiger partial charge in [0.25, 0.3) is 0 Å². The zero-order valence-electron chi connectivity index (χ0n) is 11.5. The van der Waals surface area contributed by atoms with Crippen molar-refractivity contribution in [2.75, 3.05) is 6.54 Å². The molecule has 5 heteroatoms. The van der Waals surface area contributed by atoms with Gasteiger partial charge in [-0.05, 0) is 49.8 Å². The number of hydrogen-bond acceptors (Lipinski definition) is 2. The molecule has 0 aromatic heterocycles. The number of nitrogens with zero attached hydrogens (tertiary/aromatic N) is 1. The number of sulfonamides is 1. The summed E-state index contributed by atoms with van der Waals surface area (Å²) in [5, 5.41) is 0. The van der Waals surface area contributed by atoms with Crippen LogP contribution in [-0.4, -0.2) is 25.3 Å². The molecule has 1 aliphatic heterocycles. The summed E-state index contributed by atoms with van der Waals surface area (Å²) in [7, 11) is -3.34. The molecule has 0 radical (unpaired) electrons. The van der Waals surface area contributed by atoms with Gasteiger partial charge in [0.2, 0.25) is 10.0 Å². The van der Waals surface area contributed by atoms with Crippen LogP contribution in [0.25, 0.3) is 0 Å². The van der Waals surface area contributed by atoms with E-state index in [-0.39, 0.29) is 6.04 Å². The van der Waals surface area contributed by atoms with Crippen LogP contribution in [0.3, 0.4) is 0 Å². The van der Waals surface area contributed by atoms with E-state index in [2.05, 4.69) is 15.9 Å². The summed E-state index contributed by atoms with van der Waals surface area (Å²) >= 11 is 3.36. The highest BCUT2D eigenvalue weighted by molar-refractivity contribution is 9.10. The van der Waals surface area contributed by atoms with Gasteiger partial charge < -0.3 is 0 Å². The molecule has 2 aliphatic rings. The average molecular weight is 358 g/mol. The van der Waals surface area contributed by atoms with Gasteiger partial charge in [0, 0.05) is 17.1 Å². The third-order valence-corrected chi connectivity index (χ3v) is 7.01. The van der Waals surface area contributed by atoms with Gasteiger partial charge in [-0.1, -0.05) is 34.8 Å². The first-order chi connectivity index (χ1) is 9.59. The molecule has 1 unspecified atom stereocenters. The molecule has 110 valence electrons. The Morgan fingerprint density at radius 3 is 2.55 bits per heavy atom. The van der Waals surface area contributed by atoms with E-state index < -0.39 is 10.0 Å². The molecule has 20 heavy (non-hydrogen) atoms. The molecule has 0 N–H and O–H groups in total. The van der Waals surface area contributed by atoms with E-state index in [0.717, 1.165) is 17.3 Å². The van der Waals surface area contributed by atoms with Gasteiger partial charge in [0.15, 0.2) is 0 Å². The Hall–Kier alpha value is -0.390. The average Bonchev–Trinajstić information content (AvgIpc) is 3.09. The Morgan fingerprint density at radius 2 is 1.85 bits per heavy atom. The lowest BCUT2D eigenvalue weighted by molar-refractivity contribution is 0.288. The number of halogens is 1. The summed E-state index contributed by atoms with van der Waals surface area (Å²) in [4.78, 5) is 0.414. The van der Waals surface area contributed by atoms with Crippen molar-refractivity contribution in [2.24, 2.45) is 5.92 Å². The second kappa shape index (κ2) is 5.78. The normalized spacial score (nSPS) is 25.4. The number of benzene rings is 1. The highest BCUT2D eigenvalue weighted by Crippen LogP contribution is 2.38. The topological polar surface area (TPSA) is 37.4 Å². The molecule has 3 rings (SSSR count). The molecule has 1 aromatic carbocycles. The maximum absolute atomic E-state index is 12.9. The smallest absolute Gasteiger partial charge is 0.207 e. The molecule has 0 bridgehead atoms. The molecule has 0 amide bonds. The van der Waals surface area contributed by atoms with Gasteiger partial charge in [-0.2, -0.15) is 4.31 Å². The van der Waals surface area contributed by atoms with Crippen LogP contribution in [-0.2, 0) is 10.0 Å². The minimum atomic E-state index is -3.34. The Bertz CT molecular complexity index is 581. The Kier molecular flexibility index (Phi) is 4.20. The zero-order valence-corrected chi connectivity index (χ0v) is 13.9. The first kappa shape index (κ1) is 14.5. The quantitative estimate of drug-likeness (QED) is 0.824. The van der Waals surface area contributed by atoms with E-state index in [1.165, 1.54) is 25.7 Å². The predicted octanol–water partition coefficient (Wildman–Crippen LogP) is 3.79. The van der Waals surface area contributed by atoms with Crippen LogP contribution in [0, 0.1) is 5.92 Å². The minimum absolute atomic E-state index is 0.224. The summed E-state index contributed by atoms with van der Waals surface area (Å²) in [5.41, 5.74) is 0. The van der Waals surface area contributed by atoms with E-state index in [4.69, 9.17) is 0 Å². The summed E-state index contributed by atoms with van der Waals surface area (Å²) < 4.78 is 28.3. The molecule has 0 spiro atoms.